The third-order valence-corrected chi connectivity index (χ3v) is 3.62. The lowest BCUT2D eigenvalue weighted by molar-refractivity contribution is 0.0699. The highest BCUT2D eigenvalue weighted by molar-refractivity contribution is 6.01. The van der Waals surface area contributed by atoms with Crippen molar-refractivity contribution in [2.45, 2.75) is 6.42 Å². The number of ether oxygens (including phenoxy) is 2. The summed E-state index contributed by atoms with van der Waals surface area (Å²) in [5, 5.41) is 9.18. The fraction of sp³-hybridized carbons (Fsp3) is 0.125. The van der Waals surface area contributed by atoms with Crippen LogP contribution < -0.4 is 9.47 Å². The Morgan fingerprint density at radius 2 is 2.23 bits per heavy atom. The normalized spacial score (nSPS) is 12.9. The molecule has 0 saturated heterocycles. The number of carboxylic acids is 1. The molecule has 22 heavy (non-hydrogen) atoms. The van der Waals surface area contributed by atoms with Crippen LogP contribution in [0.4, 0.5) is 0 Å². The monoisotopic (exact) mass is 296 g/mol. The predicted octanol–water partition coefficient (Wildman–Crippen LogP) is 2.99. The standard InChI is InChI=1S/C16H12N2O4/c19-16(20)11-3-5-17-12-8-14(18-15(11)12)22-10-2-1-9-4-6-21-13(9)7-10/h1-3,5,7-8,18H,4,6H2,(H,19,20). The molecule has 0 unspecified atom stereocenters. The average Bonchev–Trinajstić information content (AvgIpc) is 3.11. The molecule has 3 aromatic rings. The van der Waals surface area contributed by atoms with Crippen molar-refractivity contribution < 1.29 is 19.4 Å². The van der Waals surface area contributed by atoms with Gasteiger partial charge in [-0.25, -0.2) is 4.79 Å². The first-order valence-corrected chi connectivity index (χ1v) is 6.85. The molecule has 0 fully saturated rings. The Morgan fingerprint density at radius 1 is 1.32 bits per heavy atom. The van der Waals surface area contributed by atoms with Gasteiger partial charge in [0.2, 0.25) is 0 Å². The van der Waals surface area contributed by atoms with E-state index >= 15 is 0 Å². The summed E-state index contributed by atoms with van der Waals surface area (Å²) in [4.78, 5) is 18.3. The molecule has 0 bridgehead atoms. The van der Waals surface area contributed by atoms with Gasteiger partial charge < -0.3 is 19.6 Å². The smallest absolute Gasteiger partial charge is 0.337 e. The Kier molecular flexibility index (Phi) is 2.75. The van der Waals surface area contributed by atoms with Crippen molar-refractivity contribution in [2.24, 2.45) is 0 Å². The number of rotatable bonds is 3. The molecule has 1 aliphatic heterocycles. The number of fused-ring (bicyclic) bond motifs is 2. The lowest BCUT2D eigenvalue weighted by Crippen LogP contribution is -1.97. The first-order chi connectivity index (χ1) is 10.7. The van der Waals surface area contributed by atoms with Crippen LogP contribution >= 0.6 is 0 Å². The zero-order chi connectivity index (χ0) is 15.1. The number of H-pyrrole nitrogens is 1. The highest BCUT2D eigenvalue weighted by Gasteiger charge is 2.15. The first kappa shape index (κ1) is 12.7. The van der Waals surface area contributed by atoms with Crippen LogP contribution in [-0.2, 0) is 6.42 Å². The Balaban J connectivity index is 1.70. The van der Waals surface area contributed by atoms with E-state index in [2.05, 4.69) is 9.97 Å². The van der Waals surface area contributed by atoms with Crippen LogP contribution in [0.1, 0.15) is 15.9 Å². The Hall–Kier alpha value is -3.02. The lowest BCUT2D eigenvalue weighted by Gasteiger charge is -2.05. The molecule has 0 radical (unpaired) electrons. The Labute approximate surface area is 125 Å². The molecule has 0 aliphatic carbocycles. The minimum atomic E-state index is -1.01. The van der Waals surface area contributed by atoms with E-state index in [0.29, 0.717) is 29.3 Å². The molecule has 0 saturated carbocycles. The quantitative estimate of drug-likeness (QED) is 0.776. The van der Waals surface area contributed by atoms with E-state index in [1.165, 1.54) is 17.8 Å². The lowest BCUT2D eigenvalue weighted by atomic mass is 10.2. The molecule has 1 aliphatic rings. The van der Waals surface area contributed by atoms with Crippen molar-refractivity contribution in [1.29, 1.82) is 0 Å². The highest BCUT2D eigenvalue weighted by Crippen LogP contribution is 2.32. The molecule has 3 heterocycles. The van der Waals surface area contributed by atoms with Gasteiger partial charge >= 0.3 is 5.97 Å². The molecule has 0 spiro atoms. The van der Waals surface area contributed by atoms with E-state index < -0.39 is 5.97 Å². The molecule has 1 aromatic carbocycles. The van der Waals surface area contributed by atoms with Crippen molar-refractivity contribution in [3.8, 4) is 17.4 Å². The second-order valence-corrected chi connectivity index (χ2v) is 5.03. The summed E-state index contributed by atoms with van der Waals surface area (Å²) in [6.07, 6.45) is 2.38. The van der Waals surface area contributed by atoms with E-state index in [0.717, 1.165) is 12.2 Å². The van der Waals surface area contributed by atoms with Gasteiger partial charge in [-0.3, -0.25) is 4.98 Å². The number of carboxylic acid groups (broad SMARTS) is 1. The van der Waals surface area contributed by atoms with Crippen LogP contribution in [0.3, 0.4) is 0 Å². The summed E-state index contributed by atoms with van der Waals surface area (Å²) in [5.74, 6) is 0.892. The number of pyridine rings is 1. The van der Waals surface area contributed by atoms with Crippen molar-refractivity contribution >= 4 is 17.0 Å². The van der Waals surface area contributed by atoms with Gasteiger partial charge in [0.25, 0.3) is 0 Å². The summed E-state index contributed by atoms with van der Waals surface area (Å²) in [6, 6.07) is 8.80. The molecule has 0 amide bonds. The van der Waals surface area contributed by atoms with Crippen molar-refractivity contribution in [1.82, 2.24) is 9.97 Å². The molecule has 2 N–H and O–H groups in total. The van der Waals surface area contributed by atoms with Crippen LogP contribution in [0.5, 0.6) is 17.4 Å². The third kappa shape index (κ3) is 2.05. The minimum Gasteiger partial charge on any atom is -0.493 e. The maximum Gasteiger partial charge on any atom is 0.337 e. The largest absolute Gasteiger partial charge is 0.493 e. The van der Waals surface area contributed by atoms with Crippen LogP contribution in [0, 0.1) is 0 Å². The average molecular weight is 296 g/mol. The number of hydrogen-bond acceptors (Lipinski definition) is 4. The maximum absolute atomic E-state index is 11.2. The molecule has 2 aromatic heterocycles. The van der Waals surface area contributed by atoms with E-state index in [-0.39, 0.29) is 5.56 Å². The highest BCUT2D eigenvalue weighted by atomic mass is 16.5. The zero-order valence-corrected chi connectivity index (χ0v) is 11.5. The fourth-order valence-corrected chi connectivity index (χ4v) is 2.57. The van der Waals surface area contributed by atoms with E-state index in [9.17, 15) is 9.90 Å². The fourth-order valence-electron chi connectivity index (χ4n) is 2.57. The summed E-state index contributed by atoms with van der Waals surface area (Å²) in [6.45, 7) is 0.692. The number of aromatic amines is 1. The van der Waals surface area contributed by atoms with Gasteiger partial charge in [0, 0.05) is 24.8 Å². The number of aromatic nitrogens is 2. The van der Waals surface area contributed by atoms with Crippen molar-refractivity contribution in [2.75, 3.05) is 6.61 Å². The number of hydrogen-bond donors (Lipinski definition) is 2. The van der Waals surface area contributed by atoms with Crippen LogP contribution in [0.25, 0.3) is 11.0 Å². The number of benzene rings is 1. The first-order valence-electron chi connectivity index (χ1n) is 6.85. The van der Waals surface area contributed by atoms with E-state index in [1.54, 1.807) is 6.07 Å². The topological polar surface area (TPSA) is 84.4 Å². The van der Waals surface area contributed by atoms with Gasteiger partial charge in [0.1, 0.15) is 11.5 Å². The predicted molar refractivity (Wildman–Crippen MR) is 78.8 cm³/mol. The third-order valence-electron chi connectivity index (χ3n) is 3.62. The van der Waals surface area contributed by atoms with Gasteiger partial charge in [0.05, 0.1) is 23.2 Å². The summed E-state index contributed by atoms with van der Waals surface area (Å²) >= 11 is 0. The van der Waals surface area contributed by atoms with Crippen LogP contribution in [0.2, 0.25) is 0 Å². The molecule has 110 valence electrons. The van der Waals surface area contributed by atoms with Gasteiger partial charge in [-0.2, -0.15) is 0 Å². The van der Waals surface area contributed by atoms with Crippen LogP contribution in [0.15, 0.2) is 36.5 Å². The molecule has 0 atom stereocenters. The maximum atomic E-state index is 11.2. The van der Waals surface area contributed by atoms with Crippen LogP contribution in [-0.4, -0.2) is 27.7 Å². The van der Waals surface area contributed by atoms with Gasteiger partial charge in [-0.15, -0.1) is 0 Å². The number of aromatic carboxylic acids is 1. The van der Waals surface area contributed by atoms with Gasteiger partial charge in [-0.05, 0) is 17.7 Å². The number of carbonyl (C=O) groups is 1. The van der Waals surface area contributed by atoms with E-state index in [4.69, 9.17) is 9.47 Å². The number of nitrogens with one attached hydrogen (secondary N) is 1. The number of nitrogens with zero attached hydrogens (tertiary/aromatic N) is 1. The second kappa shape index (κ2) is 4.77. The Morgan fingerprint density at radius 3 is 3.09 bits per heavy atom. The SMILES string of the molecule is O=C(O)c1ccnc2cc(Oc3ccc4c(c3)OCC4)[nH]c12. The Bertz CT molecular complexity index is 885. The van der Waals surface area contributed by atoms with Gasteiger partial charge in [-0.1, -0.05) is 6.07 Å². The minimum absolute atomic E-state index is 0.164. The summed E-state index contributed by atoms with van der Waals surface area (Å²) in [7, 11) is 0. The zero-order valence-electron chi connectivity index (χ0n) is 11.5. The molecular weight excluding hydrogens is 284 g/mol. The van der Waals surface area contributed by atoms with Crippen molar-refractivity contribution in [3.05, 3.63) is 47.7 Å². The van der Waals surface area contributed by atoms with E-state index in [1.807, 2.05) is 18.2 Å². The summed E-state index contributed by atoms with van der Waals surface area (Å²) < 4.78 is 11.3. The van der Waals surface area contributed by atoms with Crippen molar-refractivity contribution in [3.63, 3.8) is 0 Å². The molecule has 6 nitrogen and oxygen atoms in total. The molecule has 4 rings (SSSR count). The molecular formula is C16H12N2O4. The molecule has 6 heteroatoms. The summed E-state index contributed by atoms with van der Waals surface area (Å²) in [5.41, 5.74) is 2.32. The second-order valence-electron chi connectivity index (χ2n) is 5.03. The van der Waals surface area contributed by atoms with Gasteiger partial charge in [0.15, 0.2) is 5.88 Å².